The van der Waals surface area contributed by atoms with Crippen molar-refractivity contribution >= 4 is 39.1 Å². The SMILES string of the molecule is O=C(Nc1n[nH]c(C(F)(F)F)n1)c1sccc1Br. The normalized spacial score (nSPS) is 11.6. The molecular weight excluding hydrogens is 337 g/mol. The summed E-state index contributed by atoms with van der Waals surface area (Å²) in [6.45, 7) is 0. The molecule has 0 radical (unpaired) electrons. The molecule has 5 nitrogen and oxygen atoms in total. The highest BCUT2D eigenvalue weighted by Gasteiger charge is 2.35. The summed E-state index contributed by atoms with van der Waals surface area (Å²) < 4.78 is 37.2. The molecular formula is C8H4BrF3N4OS. The number of amides is 1. The van der Waals surface area contributed by atoms with Gasteiger partial charge in [0.2, 0.25) is 11.8 Å². The summed E-state index contributed by atoms with van der Waals surface area (Å²) in [6, 6.07) is 1.65. The van der Waals surface area contributed by atoms with E-state index in [1.807, 2.05) is 0 Å². The number of carbonyl (C=O) groups excluding carboxylic acids is 1. The lowest BCUT2D eigenvalue weighted by atomic mass is 10.4. The van der Waals surface area contributed by atoms with Gasteiger partial charge in [0.25, 0.3) is 5.91 Å². The van der Waals surface area contributed by atoms with Crippen LogP contribution in [0, 0.1) is 0 Å². The van der Waals surface area contributed by atoms with Crippen molar-refractivity contribution in [2.45, 2.75) is 6.18 Å². The van der Waals surface area contributed by atoms with E-state index in [4.69, 9.17) is 0 Å². The fourth-order valence-electron chi connectivity index (χ4n) is 1.06. The van der Waals surface area contributed by atoms with Gasteiger partial charge in [-0.25, -0.2) is 0 Å². The Hall–Kier alpha value is -1.42. The molecule has 0 aliphatic heterocycles. The zero-order valence-electron chi connectivity index (χ0n) is 8.38. The highest BCUT2D eigenvalue weighted by atomic mass is 79.9. The summed E-state index contributed by atoms with van der Waals surface area (Å²) in [4.78, 5) is 15.1. The molecule has 10 heteroatoms. The maximum atomic E-state index is 12.2. The lowest BCUT2D eigenvalue weighted by molar-refractivity contribution is -0.144. The number of hydrogen-bond donors (Lipinski definition) is 2. The van der Waals surface area contributed by atoms with Gasteiger partial charge in [0.05, 0.1) is 0 Å². The molecule has 0 bridgehead atoms. The molecule has 2 aromatic rings. The zero-order valence-corrected chi connectivity index (χ0v) is 10.8. The van der Waals surface area contributed by atoms with Crippen LogP contribution in [0.5, 0.6) is 0 Å². The molecule has 0 saturated carbocycles. The van der Waals surface area contributed by atoms with Crippen LogP contribution in [0.4, 0.5) is 19.1 Å². The summed E-state index contributed by atoms with van der Waals surface area (Å²) in [5.41, 5.74) is 0. The molecule has 2 rings (SSSR count). The molecule has 96 valence electrons. The number of carbonyl (C=O) groups is 1. The van der Waals surface area contributed by atoms with Crippen LogP contribution in [0.3, 0.4) is 0 Å². The summed E-state index contributed by atoms with van der Waals surface area (Å²) >= 11 is 4.28. The molecule has 0 aliphatic carbocycles. The van der Waals surface area contributed by atoms with Crippen LogP contribution in [0.1, 0.15) is 15.5 Å². The van der Waals surface area contributed by atoms with Crippen molar-refractivity contribution in [3.8, 4) is 0 Å². The van der Waals surface area contributed by atoms with Crippen molar-refractivity contribution in [3.63, 3.8) is 0 Å². The highest BCUT2D eigenvalue weighted by Crippen LogP contribution is 2.27. The van der Waals surface area contributed by atoms with Gasteiger partial charge in [0.15, 0.2) is 0 Å². The van der Waals surface area contributed by atoms with E-state index in [1.54, 1.807) is 16.5 Å². The van der Waals surface area contributed by atoms with Crippen molar-refractivity contribution in [2.75, 3.05) is 5.32 Å². The molecule has 0 unspecified atom stereocenters. The Balaban J connectivity index is 2.13. The second-order valence-electron chi connectivity index (χ2n) is 3.06. The Bertz CT molecular complexity index is 579. The second kappa shape index (κ2) is 4.69. The van der Waals surface area contributed by atoms with Gasteiger partial charge < -0.3 is 0 Å². The topological polar surface area (TPSA) is 70.7 Å². The first-order valence-electron chi connectivity index (χ1n) is 4.42. The molecule has 0 fully saturated rings. The van der Waals surface area contributed by atoms with Crippen LogP contribution in [-0.2, 0) is 6.18 Å². The summed E-state index contributed by atoms with van der Waals surface area (Å²) in [5, 5.41) is 8.80. The quantitative estimate of drug-likeness (QED) is 0.882. The first-order valence-corrected chi connectivity index (χ1v) is 6.09. The van der Waals surface area contributed by atoms with E-state index in [2.05, 4.69) is 31.3 Å². The van der Waals surface area contributed by atoms with E-state index >= 15 is 0 Å². The molecule has 0 aliphatic rings. The molecule has 1 amide bonds. The van der Waals surface area contributed by atoms with Crippen LogP contribution in [0.15, 0.2) is 15.9 Å². The van der Waals surface area contributed by atoms with Gasteiger partial charge in [-0.1, -0.05) is 0 Å². The number of halogens is 4. The fourth-order valence-corrected chi connectivity index (χ4v) is 2.51. The zero-order chi connectivity index (χ0) is 13.3. The lowest BCUT2D eigenvalue weighted by Crippen LogP contribution is -2.12. The van der Waals surface area contributed by atoms with Crippen molar-refractivity contribution in [1.82, 2.24) is 15.2 Å². The summed E-state index contributed by atoms with van der Waals surface area (Å²) in [6.07, 6.45) is -4.63. The van der Waals surface area contributed by atoms with E-state index in [0.717, 1.165) is 11.3 Å². The number of nitrogens with one attached hydrogen (secondary N) is 2. The number of aromatic nitrogens is 3. The van der Waals surface area contributed by atoms with Gasteiger partial charge in [-0.15, -0.1) is 16.4 Å². The molecule has 0 atom stereocenters. The van der Waals surface area contributed by atoms with Gasteiger partial charge in [-0.05, 0) is 27.4 Å². The highest BCUT2D eigenvalue weighted by molar-refractivity contribution is 9.10. The van der Waals surface area contributed by atoms with Gasteiger partial charge in [0.1, 0.15) is 4.88 Å². The Morgan fingerprint density at radius 2 is 2.22 bits per heavy atom. The molecule has 0 saturated heterocycles. The minimum absolute atomic E-state index is 0.327. The number of aromatic amines is 1. The third-order valence-electron chi connectivity index (χ3n) is 1.80. The van der Waals surface area contributed by atoms with Crippen LogP contribution in [0.2, 0.25) is 0 Å². The number of nitrogens with zero attached hydrogens (tertiary/aromatic N) is 2. The second-order valence-corrected chi connectivity index (χ2v) is 4.83. The van der Waals surface area contributed by atoms with Crippen molar-refractivity contribution in [1.29, 1.82) is 0 Å². The molecule has 2 aromatic heterocycles. The number of thiophene rings is 1. The number of H-pyrrole nitrogens is 1. The molecule has 2 heterocycles. The third kappa shape index (κ3) is 2.70. The van der Waals surface area contributed by atoms with Gasteiger partial charge in [0, 0.05) is 4.47 Å². The van der Waals surface area contributed by atoms with Gasteiger partial charge >= 0.3 is 6.18 Å². The average Bonchev–Trinajstić information content (AvgIpc) is 2.85. The van der Waals surface area contributed by atoms with E-state index in [1.165, 1.54) is 0 Å². The van der Waals surface area contributed by atoms with Crippen molar-refractivity contribution in [3.05, 3.63) is 26.6 Å². The monoisotopic (exact) mass is 340 g/mol. The van der Waals surface area contributed by atoms with Crippen LogP contribution in [-0.4, -0.2) is 21.1 Å². The Morgan fingerprint density at radius 1 is 1.50 bits per heavy atom. The number of hydrogen-bond acceptors (Lipinski definition) is 4. The first kappa shape index (κ1) is 13.0. The molecule has 0 aromatic carbocycles. The van der Waals surface area contributed by atoms with Crippen molar-refractivity contribution in [2.24, 2.45) is 0 Å². The summed E-state index contributed by atoms with van der Waals surface area (Å²) in [7, 11) is 0. The lowest BCUT2D eigenvalue weighted by Gasteiger charge is -1.99. The number of rotatable bonds is 2. The van der Waals surface area contributed by atoms with E-state index < -0.39 is 23.9 Å². The van der Waals surface area contributed by atoms with E-state index in [9.17, 15) is 18.0 Å². The Kier molecular flexibility index (Phi) is 3.39. The maximum absolute atomic E-state index is 12.2. The average molecular weight is 341 g/mol. The minimum Gasteiger partial charge on any atom is -0.288 e. The van der Waals surface area contributed by atoms with Gasteiger partial charge in [-0.3, -0.25) is 15.2 Å². The summed E-state index contributed by atoms with van der Waals surface area (Å²) in [5.74, 6) is -2.26. The predicted molar refractivity (Wildman–Crippen MR) is 61.4 cm³/mol. The molecule has 0 spiro atoms. The van der Waals surface area contributed by atoms with Crippen LogP contribution >= 0.6 is 27.3 Å². The molecule has 2 N–H and O–H groups in total. The first-order chi connectivity index (χ1) is 8.38. The minimum atomic E-state index is -4.63. The Morgan fingerprint density at radius 3 is 2.72 bits per heavy atom. The predicted octanol–water partition coefficient (Wildman–Crippen LogP) is 2.90. The van der Waals surface area contributed by atoms with Crippen molar-refractivity contribution < 1.29 is 18.0 Å². The third-order valence-corrected chi connectivity index (χ3v) is 3.64. The maximum Gasteiger partial charge on any atom is 0.451 e. The number of anilines is 1. The Labute approximate surface area is 111 Å². The fraction of sp³-hybridized carbons (Fsp3) is 0.125. The smallest absolute Gasteiger partial charge is 0.288 e. The van der Waals surface area contributed by atoms with Gasteiger partial charge in [-0.2, -0.15) is 18.2 Å². The van der Waals surface area contributed by atoms with Crippen LogP contribution < -0.4 is 5.32 Å². The molecule has 18 heavy (non-hydrogen) atoms. The standard InChI is InChI=1S/C8H4BrF3N4OS/c9-3-1-2-18-4(3)5(17)13-7-14-6(15-16-7)8(10,11)12/h1-2H,(H2,13,14,15,16,17). The van der Waals surface area contributed by atoms with E-state index in [0.29, 0.717) is 9.35 Å². The van der Waals surface area contributed by atoms with E-state index in [-0.39, 0.29) is 0 Å². The number of alkyl halides is 3. The largest absolute Gasteiger partial charge is 0.451 e. The van der Waals surface area contributed by atoms with Crippen LogP contribution in [0.25, 0.3) is 0 Å².